The predicted octanol–water partition coefficient (Wildman–Crippen LogP) is 0.937. The fourth-order valence-corrected chi connectivity index (χ4v) is 1.21. The van der Waals surface area contributed by atoms with Crippen LogP contribution in [0.3, 0.4) is 0 Å². The molecule has 76 valence electrons. The molecule has 1 unspecified atom stereocenters. The molecule has 0 radical (unpaired) electrons. The van der Waals surface area contributed by atoms with Crippen molar-refractivity contribution in [2.75, 3.05) is 13.2 Å². The van der Waals surface area contributed by atoms with Crippen molar-refractivity contribution in [1.29, 1.82) is 0 Å². The van der Waals surface area contributed by atoms with Crippen LogP contribution in [0.25, 0.3) is 0 Å². The minimum atomic E-state index is -2.93. The normalized spacial score (nSPS) is 23.2. The molecular formula is C8H13F2NO2. The van der Waals surface area contributed by atoms with E-state index in [1.807, 2.05) is 0 Å². The highest BCUT2D eigenvalue weighted by atomic mass is 19.3. The molecule has 0 aromatic carbocycles. The van der Waals surface area contributed by atoms with Crippen LogP contribution in [0.1, 0.15) is 19.8 Å². The van der Waals surface area contributed by atoms with Gasteiger partial charge in [-0.3, -0.25) is 4.79 Å². The van der Waals surface area contributed by atoms with Gasteiger partial charge in [0, 0.05) is 6.61 Å². The van der Waals surface area contributed by atoms with Crippen LogP contribution >= 0.6 is 0 Å². The zero-order chi connectivity index (χ0) is 9.90. The lowest BCUT2D eigenvalue weighted by Gasteiger charge is -2.13. The van der Waals surface area contributed by atoms with Gasteiger partial charge in [-0.05, 0) is 13.3 Å². The van der Waals surface area contributed by atoms with E-state index in [1.165, 1.54) is 0 Å². The average molecular weight is 193 g/mol. The summed E-state index contributed by atoms with van der Waals surface area (Å²) in [6.07, 6.45) is -0.0372. The lowest BCUT2D eigenvalue weighted by atomic mass is 10.2. The Morgan fingerprint density at radius 3 is 2.85 bits per heavy atom. The summed E-state index contributed by atoms with van der Waals surface area (Å²) in [7, 11) is 0. The van der Waals surface area contributed by atoms with Gasteiger partial charge in [0.2, 0.25) is 5.91 Å². The second-order valence-electron chi connectivity index (χ2n) is 3.38. The van der Waals surface area contributed by atoms with Crippen molar-refractivity contribution in [2.45, 2.75) is 31.7 Å². The molecule has 1 aliphatic rings. The first-order valence-corrected chi connectivity index (χ1v) is 4.22. The van der Waals surface area contributed by atoms with Crippen molar-refractivity contribution in [1.82, 2.24) is 5.32 Å². The number of rotatable bonds is 3. The zero-order valence-electron chi connectivity index (χ0n) is 7.48. The summed E-state index contributed by atoms with van der Waals surface area (Å²) in [5, 5.41) is 2.49. The van der Waals surface area contributed by atoms with Crippen LogP contribution in [0.2, 0.25) is 0 Å². The number of halogens is 2. The molecule has 13 heavy (non-hydrogen) atoms. The number of ether oxygens (including phenoxy) is 1. The third kappa shape index (κ3) is 4.17. The smallest absolute Gasteiger partial charge is 0.254 e. The van der Waals surface area contributed by atoms with Gasteiger partial charge >= 0.3 is 0 Å². The minimum absolute atomic E-state index is 0.0881. The van der Waals surface area contributed by atoms with Gasteiger partial charge in [-0.2, -0.15) is 0 Å². The standard InChI is InChI=1S/C8H13F2NO2/c1-8(9,10)4-7(12)11-6-2-3-13-5-6/h6H,2-5H2,1H3,(H,11,12). The van der Waals surface area contributed by atoms with E-state index in [2.05, 4.69) is 5.32 Å². The molecule has 1 rings (SSSR count). The van der Waals surface area contributed by atoms with Crippen molar-refractivity contribution >= 4 is 5.91 Å². The molecule has 1 atom stereocenters. The Kier molecular flexibility index (Phi) is 3.19. The molecule has 0 saturated carbocycles. The van der Waals surface area contributed by atoms with Gasteiger partial charge in [0.25, 0.3) is 5.92 Å². The molecule has 0 aliphatic carbocycles. The highest BCUT2D eigenvalue weighted by Crippen LogP contribution is 2.16. The molecule has 3 nitrogen and oxygen atoms in total. The summed E-state index contributed by atoms with van der Waals surface area (Å²) >= 11 is 0. The largest absolute Gasteiger partial charge is 0.379 e. The molecule has 0 aromatic rings. The average Bonchev–Trinajstić information content (AvgIpc) is 2.34. The highest BCUT2D eigenvalue weighted by molar-refractivity contribution is 5.77. The predicted molar refractivity (Wildman–Crippen MR) is 42.6 cm³/mol. The first kappa shape index (κ1) is 10.4. The quantitative estimate of drug-likeness (QED) is 0.724. The molecule has 0 spiro atoms. The van der Waals surface area contributed by atoms with Crippen LogP contribution in [0, 0.1) is 0 Å². The highest BCUT2D eigenvalue weighted by Gasteiger charge is 2.27. The van der Waals surface area contributed by atoms with Crippen molar-refractivity contribution in [2.24, 2.45) is 0 Å². The van der Waals surface area contributed by atoms with E-state index < -0.39 is 18.3 Å². The van der Waals surface area contributed by atoms with Crippen molar-refractivity contribution in [3.8, 4) is 0 Å². The maximum atomic E-state index is 12.4. The van der Waals surface area contributed by atoms with E-state index in [0.717, 1.165) is 6.92 Å². The topological polar surface area (TPSA) is 38.3 Å². The third-order valence-electron chi connectivity index (χ3n) is 1.77. The van der Waals surface area contributed by atoms with E-state index in [4.69, 9.17) is 4.74 Å². The lowest BCUT2D eigenvalue weighted by Crippen LogP contribution is -2.37. The van der Waals surface area contributed by atoms with Crippen molar-refractivity contribution < 1.29 is 18.3 Å². The number of hydrogen-bond acceptors (Lipinski definition) is 2. The molecular weight excluding hydrogens is 180 g/mol. The van der Waals surface area contributed by atoms with Crippen LogP contribution in [-0.4, -0.2) is 31.1 Å². The zero-order valence-corrected chi connectivity index (χ0v) is 7.48. The summed E-state index contributed by atoms with van der Waals surface area (Å²) in [6.45, 7) is 1.76. The molecule has 1 amide bonds. The van der Waals surface area contributed by atoms with E-state index in [1.54, 1.807) is 0 Å². The second-order valence-corrected chi connectivity index (χ2v) is 3.38. The fraction of sp³-hybridized carbons (Fsp3) is 0.875. The maximum Gasteiger partial charge on any atom is 0.254 e. The van der Waals surface area contributed by atoms with Gasteiger partial charge in [0.05, 0.1) is 19.1 Å². The van der Waals surface area contributed by atoms with Gasteiger partial charge in [-0.1, -0.05) is 0 Å². The summed E-state index contributed by atoms with van der Waals surface area (Å²) in [5.74, 6) is -3.54. The summed E-state index contributed by atoms with van der Waals surface area (Å²) in [6, 6.07) is -0.0881. The maximum absolute atomic E-state index is 12.4. The third-order valence-corrected chi connectivity index (χ3v) is 1.77. The van der Waals surface area contributed by atoms with Crippen LogP contribution < -0.4 is 5.32 Å². The van der Waals surface area contributed by atoms with Crippen LogP contribution in [0.5, 0.6) is 0 Å². The van der Waals surface area contributed by atoms with Crippen LogP contribution in [-0.2, 0) is 9.53 Å². The van der Waals surface area contributed by atoms with E-state index in [0.29, 0.717) is 19.6 Å². The molecule has 0 aromatic heterocycles. The Morgan fingerprint density at radius 1 is 1.69 bits per heavy atom. The van der Waals surface area contributed by atoms with Gasteiger partial charge in [-0.25, -0.2) is 8.78 Å². The summed E-state index contributed by atoms with van der Waals surface area (Å²) < 4.78 is 29.7. The molecule has 1 fully saturated rings. The second kappa shape index (κ2) is 4.00. The van der Waals surface area contributed by atoms with Crippen LogP contribution in [0.15, 0.2) is 0 Å². The summed E-state index contributed by atoms with van der Waals surface area (Å²) in [5.41, 5.74) is 0. The Balaban J connectivity index is 2.24. The molecule has 1 aliphatic heterocycles. The first-order valence-electron chi connectivity index (χ1n) is 4.22. The van der Waals surface area contributed by atoms with Gasteiger partial charge in [-0.15, -0.1) is 0 Å². The van der Waals surface area contributed by atoms with Gasteiger partial charge < -0.3 is 10.1 Å². The number of hydrogen-bond donors (Lipinski definition) is 1. The molecule has 1 heterocycles. The Hall–Kier alpha value is -0.710. The molecule has 1 saturated heterocycles. The van der Waals surface area contributed by atoms with Crippen molar-refractivity contribution in [3.05, 3.63) is 0 Å². The fourth-order valence-electron chi connectivity index (χ4n) is 1.21. The Morgan fingerprint density at radius 2 is 2.38 bits per heavy atom. The number of alkyl halides is 2. The Labute approximate surface area is 75.4 Å². The summed E-state index contributed by atoms with van der Waals surface area (Å²) in [4.78, 5) is 11.0. The Bertz CT molecular complexity index is 185. The first-order chi connectivity index (χ1) is 5.97. The SMILES string of the molecule is CC(F)(F)CC(=O)NC1CCOC1. The lowest BCUT2D eigenvalue weighted by molar-refractivity contribution is -0.128. The number of carbonyl (C=O) groups excluding carboxylic acids is 1. The minimum Gasteiger partial charge on any atom is -0.379 e. The van der Waals surface area contributed by atoms with Gasteiger partial charge in [0.1, 0.15) is 0 Å². The van der Waals surface area contributed by atoms with E-state index in [9.17, 15) is 13.6 Å². The van der Waals surface area contributed by atoms with Crippen molar-refractivity contribution in [3.63, 3.8) is 0 Å². The number of carbonyl (C=O) groups is 1. The molecule has 1 N–H and O–H groups in total. The van der Waals surface area contributed by atoms with Crippen LogP contribution in [0.4, 0.5) is 8.78 Å². The monoisotopic (exact) mass is 193 g/mol. The van der Waals surface area contributed by atoms with E-state index in [-0.39, 0.29) is 6.04 Å². The number of amides is 1. The number of nitrogens with one attached hydrogen (secondary N) is 1. The van der Waals surface area contributed by atoms with E-state index >= 15 is 0 Å². The molecule has 5 heteroatoms. The van der Waals surface area contributed by atoms with Gasteiger partial charge in [0.15, 0.2) is 0 Å². The molecule has 0 bridgehead atoms.